The van der Waals surface area contributed by atoms with E-state index in [-0.39, 0.29) is 32.8 Å². The Labute approximate surface area is 433 Å². The monoisotopic (exact) mass is 961 g/mol. The van der Waals surface area contributed by atoms with Crippen LogP contribution in [0.2, 0.25) is 0 Å². The Morgan fingerprint density at radius 1 is 0.384 bits per heavy atom. The van der Waals surface area contributed by atoms with E-state index in [1.165, 1.54) is 60.9 Å². The van der Waals surface area contributed by atoms with Gasteiger partial charge in [0.15, 0.2) is 0 Å². The molecule has 0 radical (unpaired) electrons. The fourth-order valence-electron chi connectivity index (χ4n) is 10.3. The van der Waals surface area contributed by atoms with Gasteiger partial charge in [-0.25, -0.2) is 4.98 Å². The number of nitrogens with zero attached hydrogens (tertiary/aromatic N) is 4. The molecule has 3 aromatic heterocycles. The second kappa shape index (κ2) is 17.5. The molecule has 0 amide bonds. The van der Waals surface area contributed by atoms with Crippen LogP contribution < -0.4 is 0 Å². The van der Waals surface area contributed by atoms with Gasteiger partial charge in [0.05, 0.1) is 33.3 Å². The third kappa shape index (κ3) is 9.17. The molecule has 0 fully saturated rings. The molecule has 0 bridgehead atoms. The topological polar surface area (TPSA) is 55.9 Å². The maximum Gasteiger partial charge on any atom is 0.149 e. The first-order valence-corrected chi connectivity index (χ1v) is 26.0. The Morgan fingerprint density at radius 3 is 1.45 bits per heavy atom. The molecule has 0 aliphatic carbocycles. The van der Waals surface area contributed by atoms with E-state index < -0.39 is 0 Å². The molecule has 73 heavy (non-hydrogen) atoms. The fourth-order valence-corrected chi connectivity index (χ4v) is 10.3. The summed E-state index contributed by atoms with van der Waals surface area (Å²) in [6.07, 6.45) is 1.97. The van der Waals surface area contributed by atoms with Crippen molar-refractivity contribution >= 4 is 32.8 Å². The van der Waals surface area contributed by atoms with Crippen molar-refractivity contribution in [3.05, 3.63) is 186 Å². The van der Waals surface area contributed by atoms with Crippen molar-refractivity contribution in [2.45, 2.75) is 131 Å². The first kappa shape index (κ1) is 49.3. The van der Waals surface area contributed by atoms with Crippen LogP contribution in [0.3, 0.4) is 0 Å². The summed E-state index contributed by atoms with van der Waals surface area (Å²) in [7, 11) is 0. The highest BCUT2D eigenvalue weighted by molar-refractivity contribution is 6.16. The Hall–Kier alpha value is -7.24. The lowest BCUT2D eigenvalue weighted by Gasteiger charge is -2.27. The zero-order chi connectivity index (χ0) is 52.2. The van der Waals surface area contributed by atoms with Crippen LogP contribution in [0, 0.1) is 0 Å². The number of hydrogen-bond acceptors (Lipinski definition) is 3. The molecule has 7 aromatic carbocycles. The first-order chi connectivity index (χ1) is 34.3. The molecule has 10 rings (SSSR count). The second-order valence-electron chi connectivity index (χ2n) is 25.5. The summed E-state index contributed by atoms with van der Waals surface area (Å²) in [6.45, 7) is 34.3. The predicted octanol–water partition coefficient (Wildman–Crippen LogP) is 18.4. The lowest BCUT2D eigenvalue weighted by atomic mass is 9.80. The van der Waals surface area contributed by atoms with E-state index in [1.807, 2.05) is 24.4 Å². The Bertz CT molecular complexity index is 3700. The molecule has 370 valence electrons. The fraction of sp³-hybridized carbons (Fsp3) is 0.294. The number of imidazole rings is 1. The van der Waals surface area contributed by atoms with Gasteiger partial charge >= 0.3 is 0 Å². The summed E-state index contributed by atoms with van der Waals surface area (Å²) in [5.41, 5.74) is 19.3. The second-order valence-corrected chi connectivity index (χ2v) is 25.5. The highest BCUT2D eigenvalue weighted by Gasteiger charge is 2.27. The minimum atomic E-state index is -0.169. The smallest absolute Gasteiger partial charge is 0.149 e. The van der Waals surface area contributed by atoms with Crippen LogP contribution in [-0.4, -0.2) is 24.2 Å². The van der Waals surface area contributed by atoms with Crippen molar-refractivity contribution < 1.29 is 5.11 Å². The summed E-state index contributed by atoms with van der Waals surface area (Å²) in [5.74, 6) is 0.886. The zero-order valence-corrected chi connectivity index (χ0v) is 45.7. The molecule has 5 nitrogen and oxygen atoms in total. The van der Waals surface area contributed by atoms with E-state index in [2.05, 4.69) is 240 Å². The van der Waals surface area contributed by atoms with Gasteiger partial charge in [0.2, 0.25) is 0 Å². The van der Waals surface area contributed by atoms with Gasteiger partial charge in [0, 0.05) is 39.5 Å². The molecule has 0 unspecified atom stereocenters. The lowest BCUT2D eigenvalue weighted by Crippen LogP contribution is -2.17. The molecular formula is C68H72N4O. The van der Waals surface area contributed by atoms with Crippen LogP contribution in [0.4, 0.5) is 0 Å². The standard InChI is InChI=1S/C68H72N4O/c1-64(2,3)45-33-43(53-25-21-28-59-62(53)70-63(55-23-17-19-29-60(55)73)72(59)51-40-48(67(10,11)12)37-49(41-51)68(13,14)15)32-44(34-45)56-35-42(30-31-69-56)52-24-20-27-58-61(52)54-22-16-18-26-57(54)71(58)50-38-46(65(4,5)6)36-47(39-50)66(7,8)9/h16-41,73H,1-15H3. The van der Waals surface area contributed by atoms with Crippen LogP contribution in [0.1, 0.15) is 132 Å². The third-order valence-electron chi connectivity index (χ3n) is 14.8. The van der Waals surface area contributed by atoms with Crippen molar-refractivity contribution in [2.24, 2.45) is 0 Å². The summed E-state index contributed by atoms with van der Waals surface area (Å²) in [6, 6.07) is 55.1. The van der Waals surface area contributed by atoms with E-state index in [4.69, 9.17) is 9.97 Å². The van der Waals surface area contributed by atoms with E-state index in [1.54, 1.807) is 6.07 Å². The highest BCUT2D eigenvalue weighted by Crippen LogP contribution is 2.44. The number of phenolic OH excluding ortho intramolecular Hbond substituents is 1. The van der Waals surface area contributed by atoms with E-state index >= 15 is 0 Å². The number of benzene rings is 7. The minimum absolute atomic E-state index is 0.0180. The molecule has 0 saturated heterocycles. The average Bonchev–Trinajstić information content (AvgIpc) is 3.89. The Kier molecular flexibility index (Phi) is 11.8. The quantitative estimate of drug-likeness (QED) is 0.181. The van der Waals surface area contributed by atoms with Crippen LogP contribution in [0.25, 0.3) is 89.1 Å². The normalized spacial score (nSPS) is 12.9. The molecule has 0 spiro atoms. The zero-order valence-electron chi connectivity index (χ0n) is 45.7. The number of aromatic hydroxyl groups is 1. The largest absolute Gasteiger partial charge is 0.507 e. The molecular weight excluding hydrogens is 889 g/mol. The van der Waals surface area contributed by atoms with Crippen molar-refractivity contribution in [3.8, 4) is 62.0 Å². The summed E-state index contributed by atoms with van der Waals surface area (Å²) < 4.78 is 4.72. The number of aromatic nitrogens is 4. The molecule has 1 N–H and O–H groups in total. The summed E-state index contributed by atoms with van der Waals surface area (Å²) in [4.78, 5) is 10.7. The number of phenols is 1. The highest BCUT2D eigenvalue weighted by atomic mass is 16.3. The molecule has 10 aromatic rings. The van der Waals surface area contributed by atoms with Crippen molar-refractivity contribution in [2.75, 3.05) is 0 Å². The number of para-hydroxylation sites is 3. The van der Waals surface area contributed by atoms with Crippen LogP contribution in [0.5, 0.6) is 5.75 Å². The van der Waals surface area contributed by atoms with Crippen LogP contribution in [0.15, 0.2) is 158 Å². The number of fused-ring (bicyclic) bond motifs is 4. The van der Waals surface area contributed by atoms with Crippen LogP contribution in [-0.2, 0) is 27.1 Å². The van der Waals surface area contributed by atoms with Crippen molar-refractivity contribution in [1.82, 2.24) is 19.1 Å². The van der Waals surface area contributed by atoms with Gasteiger partial charge in [-0.15, -0.1) is 0 Å². The van der Waals surface area contributed by atoms with Crippen molar-refractivity contribution in [1.29, 1.82) is 0 Å². The molecule has 0 aliphatic heterocycles. The van der Waals surface area contributed by atoms with Gasteiger partial charge in [-0.1, -0.05) is 177 Å². The van der Waals surface area contributed by atoms with Gasteiger partial charge in [-0.05, 0) is 150 Å². The van der Waals surface area contributed by atoms with Gasteiger partial charge < -0.3 is 9.67 Å². The maximum atomic E-state index is 11.5. The van der Waals surface area contributed by atoms with E-state index in [0.29, 0.717) is 11.4 Å². The molecule has 5 heteroatoms. The van der Waals surface area contributed by atoms with Gasteiger partial charge in [0.1, 0.15) is 11.6 Å². The average molecular weight is 961 g/mol. The lowest BCUT2D eigenvalue weighted by molar-refractivity contribution is 0.477. The SMILES string of the molecule is CC(C)(C)c1cc(-c2cc(-c3cccc4c3c3ccccc3n4-c3cc(C(C)(C)C)cc(C(C)(C)C)c3)ccn2)cc(-c2cccc3c2nc(-c2ccccc2O)n3-c2cc(C(C)(C)C)cc(C(C)(C)C)c2)c1. The van der Waals surface area contributed by atoms with Gasteiger partial charge in [-0.3, -0.25) is 9.55 Å². The van der Waals surface area contributed by atoms with Crippen LogP contribution >= 0.6 is 0 Å². The van der Waals surface area contributed by atoms with E-state index in [0.717, 1.165) is 44.7 Å². The molecule has 0 atom stereocenters. The predicted molar refractivity (Wildman–Crippen MR) is 310 cm³/mol. The number of hydrogen-bond donors (Lipinski definition) is 1. The molecule has 0 saturated carbocycles. The summed E-state index contributed by atoms with van der Waals surface area (Å²) in [5, 5.41) is 13.9. The summed E-state index contributed by atoms with van der Waals surface area (Å²) >= 11 is 0. The Balaban J connectivity index is 1.17. The number of rotatable bonds is 6. The third-order valence-corrected chi connectivity index (χ3v) is 14.8. The van der Waals surface area contributed by atoms with Crippen molar-refractivity contribution in [3.63, 3.8) is 0 Å². The van der Waals surface area contributed by atoms with Gasteiger partial charge in [0.25, 0.3) is 0 Å². The number of pyridine rings is 1. The maximum absolute atomic E-state index is 11.5. The Morgan fingerprint density at radius 2 is 0.863 bits per heavy atom. The van der Waals surface area contributed by atoms with E-state index in [9.17, 15) is 5.11 Å². The minimum Gasteiger partial charge on any atom is -0.507 e. The first-order valence-electron chi connectivity index (χ1n) is 26.0. The van der Waals surface area contributed by atoms with Gasteiger partial charge in [-0.2, -0.15) is 0 Å². The molecule has 0 aliphatic rings. The molecule has 3 heterocycles.